The Balaban J connectivity index is 1.95. The van der Waals surface area contributed by atoms with Gasteiger partial charge in [0.1, 0.15) is 0 Å². The molecule has 2 aromatic carbocycles. The van der Waals surface area contributed by atoms with E-state index in [2.05, 4.69) is 46.8 Å². The van der Waals surface area contributed by atoms with E-state index in [0.29, 0.717) is 19.7 Å². The number of hydroxylamine groups is 2. The number of hydrogen-bond acceptors (Lipinski definition) is 4. The maximum Gasteiger partial charge on any atom is 0.334 e. The van der Waals surface area contributed by atoms with Crippen molar-refractivity contribution in [2.75, 3.05) is 13.2 Å². The van der Waals surface area contributed by atoms with Crippen molar-refractivity contribution < 1.29 is 14.4 Å². The molecule has 4 nitrogen and oxygen atoms in total. The van der Waals surface area contributed by atoms with Crippen LogP contribution in [-0.4, -0.2) is 24.2 Å². The molecule has 5 heteroatoms. The summed E-state index contributed by atoms with van der Waals surface area (Å²) in [6.07, 6.45) is 5.90. The summed E-state index contributed by atoms with van der Waals surface area (Å²) in [5.74, 6) is 6.14. The third-order valence-electron chi connectivity index (χ3n) is 4.64. The van der Waals surface area contributed by atoms with E-state index in [0.717, 1.165) is 27.6 Å². The molecule has 0 aliphatic carbocycles. The van der Waals surface area contributed by atoms with Gasteiger partial charge in [-0.1, -0.05) is 78.2 Å². The van der Waals surface area contributed by atoms with E-state index >= 15 is 0 Å². The number of halogens is 1. The molecule has 2 rings (SSSR count). The van der Waals surface area contributed by atoms with Gasteiger partial charge < -0.3 is 4.74 Å². The number of rotatable bonds is 12. The highest BCUT2D eigenvalue weighted by molar-refractivity contribution is 9.10. The summed E-state index contributed by atoms with van der Waals surface area (Å²) >= 11 is 3.46. The summed E-state index contributed by atoms with van der Waals surface area (Å²) in [7, 11) is 0. The lowest BCUT2D eigenvalue weighted by Crippen LogP contribution is -2.27. The molecule has 0 aliphatic rings. The molecule has 0 aromatic heterocycles. The normalized spacial score (nSPS) is 10.6. The SMILES string of the molecule is CCCCCCC#Cc1ccc(CN(Cc2ccc(Br)cc2)OCC(=O)OCC)cc1. The zero-order chi connectivity index (χ0) is 22.3. The summed E-state index contributed by atoms with van der Waals surface area (Å²) in [6.45, 7) is 5.36. The van der Waals surface area contributed by atoms with Crippen molar-refractivity contribution in [2.45, 2.75) is 59.0 Å². The number of carbonyl (C=O) groups is 1. The number of hydrogen-bond donors (Lipinski definition) is 0. The van der Waals surface area contributed by atoms with Crippen LogP contribution in [0, 0.1) is 11.8 Å². The van der Waals surface area contributed by atoms with Crippen LogP contribution in [-0.2, 0) is 27.5 Å². The van der Waals surface area contributed by atoms with Crippen LogP contribution in [0.2, 0.25) is 0 Å². The number of unbranched alkanes of at least 4 members (excludes halogenated alkanes) is 4. The van der Waals surface area contributed by atoms with Crippen LogP contribution in [0.5, 0.6) is 0 Å². The maximum atomic E-state index is 11.7. The van der Waals surface area contributed by atoms with E-state index < -0.39 is 0 Å². The molecule has 0 amide bonds. The van der Waals surface area contributed by atoms with Gasteiger partial charge in [-0.2, -0.15) is 5.06 Å². The van der Waals surface area contributed by atoms with Crippen molar-refractivity contribution in [3.8, 4) is 11.8 Å². The molecule has 0 atom stereocenters. The van der Waals surface area contributed by atoms with Crippen LogP contribution in [0.1, 0.15) is 62.6 Å². The second kappa shape index (κ2) is 14.8. The average molecular weight is 486 g/mol. The van der Waals surface area contributed by atoms with Gasteiger partial charge in [-0.15, -0.1) is 0 Å². The molecule has 0 radical (unpaired) electrons. The van der Waals surface area contributed by atoms with Crippen LogP contribution in [0.25, 0.3) is 0 Å². The smallest absolute Gasteiger partial charge is 0.334 e. The number of ether oxygens (including phenoxy) is 1. The Kier molecular flexibility index (Phi) is 12.0. The van der Waals surface area contributed by atoms with E-state index in [1.165, 1.54) is 25.7 Å². The van der Waals surface area contributed by atoms with Crippen molar-refractivity contribution in [2.24, 2.45) is 0 Å². The molecule has 0 bridgehead atoms. The molecule has 0 aliphatic heterocycles. The van der Waals surface area contributed by atoms with Crippen LogP contribution in [0.3, 0.4) is 0 Å². The van der Waals surface area contributed by atoms with Crippen LogP contribution in [0.4, 0.5) is 0 Å². The highest BCUT2D eigenvalue weighted by atomic mass is 79.9. The Hall–Kier alpha value is -2.13. The predicted octanol–water partition coefficient (Wildman–Crippen LogP) is 6.27. The molecule has 0 heterocycles. The molecule has 0 N–H and O–H groups in total. The summed E-state index contributed by atoms with van der Waals surface area (Å²) in [5, 5.41) is 1.79. The minimum Gasteiger partial charge on any atom is -0.464 e. The second-order valence-corrected chi connectivity index (χ2v) is 8.23. The fourth-order valence-corrected chi connectivity index (χ4v) is 3.25. The standard InChI is InChI=1S/C26H32BrNO3/c1-3-5-6-7-8-9-10-22-11-13-23(14-12-22)19-28(31-21-26(29)30-4-2)20-24-15-17-25(27)18-16-24/h11-18H,3-8,19-21H2,1-2H3. The molecule has 0 spiro atoms. The van der Waals surface area contributed by atoms with Crippen LogP contribution in [0.15, 0.2) is 53.0 Å². The molecule has 166 valence electrons. The van der Waals surface area contributed by atoms with Gasteiger partial charge in [-0.3, -0.25) is 4.84 Å². The molecular formula is C26H32BrNO3. The van der Waals surface area contributed by atoms with Gasteiger partial charge in [0, 0.05) is 29.5 Å². The van der Waals surface area contributed by atoms with Gasteiger partial charge in [0.25, 0.3) is 0 Å². The fraction of sp³-hybridized carbons (Fsp3) is 0.423. The Bertz CT molecular complexity index is 838. The quantitative estimate of drug-likeness (QED) is 0.154. The van der Waals surface area contributed by atoms with E-state index in [1.807, 2.05) is 36.4 Å². The highest BCUT2D eigenvalue weighted by Gasteiger charge is 2.12. The average Bonchev–Trinajstić information content (AvgIpc) is 2.77. The zero-order valence-corrected chi connectivity index (χ0v) is 20.1. The Morgan fingerprint density at radius 3 is 2.19 bits per heavy atom. The Labute approximate surface area is 195 Å². The first-order valence-corrected chi connectivity index (χ1v) is 11.8. The third kappa shape index (κ3) is 10.6. The molecule has 0 fully saturated rings. The first kappa shape index (κ1) is 25.1. The van der Waals surface area contributed by atoms with E-state index in [-0.39, 0.29) is 12.6 Å². The third-order valence-corrected chi connectivity index (χ3v) is 5.17. The Morgan fingerprint density at radius 1 is 0.935 bits per heavy atom. The molecular weight excluding hydrogens is 454 g/mol. The van der Waals surface area contributed by atoms with Gasteiger partial charge in [0.2, 0.25) is 0 Å². The van der Waals surface area contributed by atoms with Crippen molar-refractivity contribution in [1.82, 2.24) is 5.06 Å². The van der Waals surface area contributed by atoms with E-state index in [4.69, 9.17) is 9.57 Å². The predicted molar refractivity (Wildman–Crippen MR) is 128 cm³/mol. The summed E-state index contributed by atoms with van der Waals surface area (Å²) in [4.78, 5) is 17.5. The van der Waals surface area contributed by atoms with Gasteiger partial charge >= 0.3 is 5.97 Å². The first-order valence-electron chi connectivity index (χ1n) is 11.0. The highest BCUT2D eigenvalue weighted by Crippen LogP contribution is 2.15. The number of nitrogens with zero attached hydrogens (tertiary/aromatic N) is 1. The monoisotopic (exact) mass is 485 g/mol. The summed E-state index contributed by atoms with van der Waals surface area (Å²) in [5.41, 5.74) is 3.21. The molecule has 0 saturated carbocycles. The van der Waals surface area contributed by atoms with E-state index in [9.17, 15) is 4.79 Å². The van der Waals surface area contributed by atoms with Crippen LogP contribution >= 0.6 is 15.9 Å². The topological polar surface area (TPSA) is 38.8 Å². The van der Waals surface area contributed by atoms with E-state index in [1.54, 1.807) is 12.0 Å². The maximum absolute atomic E-state index is 11.7. The number of esters is 1. The molecule has 31 heavy (non-hydrogen) atoms. The number of carbonyl (C=O) groups excluding carboxylic acids is 1. The van der Waals surface area contributed by atoms with Gasteiger partial charge in [0.05, 0.1) is 6.61 Å². The minimum absolute atomic E-state index is 0.105. The summed E-state index contributed by atoms with van der Waals surface area (Å²) < 4.78 is 6.01. The number of benzene rings is 2. The lowest BCUT2D eigenvalue weighted by molar-refractivity contribution is -0.193. The van der Waals surface area contributed by atoms with Gasteiger partial charge in [0.15, 0.2) is 6.61 Å². The Morgan fingerprint density at radius 2 is 1.58 bits per heavy atom. The lowest BCUT2D eigenvalue weighted by atomic mass is 10.1. The zero-order valence-electron chi connectivity index (χ0n) is 18.5. The molecule has 0 unspecified atom stereocenters. The van der Waals surface area contributed by atoms with Crippen molar-refractivity contribution in [1.29, 1.82) is 0 Å². The van der Waals surface area contributed by atoms with Crippen molar-refractivity contribution in [3.05, 3.63) is 69.7 Å². The minimum atomic E-state index is -0.368. The summed E-state index contributed by atoms with van der Waals surface area (Å²) in [6, 6.07) is 16.2. The van der Waals surface area contributed by atoms with Crippen LogP contribution < -0.4 is 0 Å². The first-order chi connectivity index (χ1) is 15.1. The molecule has 2 aromatic rings. The fourth-order valence-electron chi connectivity index (χ4n) is 2.99. The largest absolute Gasteiger partial charge is 0.464 e. The molecule has 0 saturated heterocycles. The van der Waals surface area contributed by atoms with Gasteiger partial charge in [-0.25, -0.2) is 4.79 Å². The second-order valence-electron chi connectivity index (χ2n) is 7.31. The van der Waals surface area contributed by atoms with Gasteiger partial charge in [-0.05, 0) is 48.7 Å². The van der Waals surface area contributed by atoms with Crippen molar-refractivity contribution in [3.63, 3.8) is 0 Å². The van der Waals surface area contributed by atoms with Crippen molar-refractivity contribution >= 4 is 21.9 Å². The lowest BCUT2D eigenvalue weighted by Gasteiger charge is -2.22.